The lowest BCUT2D eigenvalue weighted by Crippen LogP contribution is -2.04. The first kappa shape index (κ1) is 15.0. The van der Waals surface area contributed by atoms with Gasteiger partial charge >= 0.3 is 5.97 Å². The Hall–Kier alpha value is -1.43. The predicted octanol–water partition coefficient (Wildman–Crippen LogP) is 4.02. The van der Waals surface area contributed by atoms with Gasteiger partial charge in [-0.15, -0.1) is 0 Å². The average molecular weight is 360 g/mol. The molecule has 0 saturated carbocycles. The van der Waals surface area contributed by atoms with Crippen LogP contribution in [0.25, 0.3) is 0 Å². The zero-order valence-electron chi connectivity index (χ0n) is 9.98. The molecule has 1 atom stereocenters. The summed E-state index contributed by atoms with van der Waals surface area (Å²) in [5, 5.41) is 19.3. The van der Waals surface area contributed by atoms with E-state index in [1.54, 1.807) is 0 Å². The maximum atomic E-state index is 13.0. The summed E-state index contributed by atoms with van der Waals surface area (Å²) in [7, 11) is 0. The second-order valence-electron chi connectivity index (χ2n) is 4.11. The molecule has 0 radical (unpaired) electrons. The third kappa shape index (κ3) is 3.00. The second kappa shape index (κ2) is 5.91. The summed E-state index contributed by atoms with van der Waals surface area (Å²) in [6, 6.07) is 7.95. The van der Waals surface area contributed by atoms with Gasteiger partial charge in [0, 0.05) is 15.1 Å². The Kier molecular flexibility index (Phi) is 4.42. The fourth-order valence-corrected chi connectivity index (χ4v) is 2.64. The van der Waals surface area contributed by atoms with Crippen molar-refractivity contribution < 1.29 is 19.4 Å². The minimum Gasteiger partial charge on any atom is -0.478 e. The molecule has 104 valence electrons. The van der Waals surface area contributed by atoms with E-state index in [-0.39, 0.29) is 10.6 Å². The average Bonchev–Trinajstić information content (AvgIpc) is 2.37. The van der Waals surface area contributed by atoms with Crippen molar-refractivity contribution >= 4 is 33.5 Å². The maximum absolute atomic E-state index is 13.0. The molecule has 0 fully saturated rings. The standard InChI is InChI=1S/C14H9BrClFO3/c15-11-5-7(14(19)20)1-3-9(11)13(18)10-4-2-8(17)6-12(10)16/h1-6,13,18H,(H,19,20). The van der Waals surface area contributed by atoms with Crippen molar-refractivity contribution in [2.75, 3.05) is 0 Å². The summed E-state index contributed by atoms with van der Waals surface area (Å²) in [5.41, 5.74) is 0.887. The smallest absolute Gasteiger partial charge is 0.335 e. The van der Waals surface area contributed by atoms with Gasteiger partial charge in [-0.2, -0.15) is 0 Å². The molecule has 2 rings (SSSR count). The quantitative estimate of drug-likeness (QED) is 0.870. The van der Waals surface area contributed by atoms with E-state index < -0.39 is 17.9 Å². The number of aromatic carboxylic acids is 1. The third-order valence-electron chi connectivity index (χ3n) is 2.80. The number of carboxylic acids is 1. The van der Waals surface area contributed by atoms with E-state index in [0.29, 0.717) is 15.6 Å². The molecule has 20 heavy (non-hydrogen) atoms. The number of rotatable bonds is 3. The lowest BCUT2D eigenvalue weighted by Gasteiger charge is -2.15. The van der Waals surface area contributed by atoms with Crippen molar-refractivity contribution in [2.45, 2.75) is 6.10 Å². The van der Waals surface area contributed by atoms with E-state index in [1.165, 1.54) is 30.3 Å². The van der Waals surface area contributed by atoms with Gasteiger partial charge in [-0.05, 0) is 29.8 Å². The number of halogens is 3. The predicted molar refractivity (Wildman–Crippen MR) is 76.6 cm³/mol. The van der Waals surface area contributed by atoms with Crippen LogP contribution in [-0.4, -0.2) is 16.2 Å². The van der Waals surface area contributed by atoms with E-state index in [2.05, 4.69) is 15.9 Å². The molecule has 0 heterocycles. The van der Waals surface area contributed by atoms with Gasteiger partial charge in [-0.1, -0.05) is 39.7 Å². The molecule has 3 nitrogen and oxygen atoms in total. The van der Waals surface area contributed by atoms with Crippen molar-refractivity contribution in [2.24, 2.45) is 0 Å². The van der Waals surface area contributed by atoms with E-state index in [9.17, 15) is 14.3 Å². The molecule has 2 aromatic carbocycles. The SMILES string of the molecule is O=C(O)c1ccc(C(O)c2ccc(F)cc2Cl)c(Br)c1. The Bertz CT molecular complexity index is 675. The number of carbonyl (C=O) groups is 1. The van der Waals surface area contributed by atoms with Crippen LogP contribution in [0.2, 0.25) is 5.02 Å². The van der Waals surface area contributed by atoms with Crippen LogP contribution in [0.3, 0.4) is 0 Å². The van der Waals surface area contributed by atoms with E-state index >= 15 is 0 Å². The molecule has 0 aliphatic carbocycles. The molecule has 0 amide bonds. The largest absolute Gasteiger partial charge is 0.478 e. The zero-order chi connectivity index (χ0) is 14.9. The molecule has 0 aliphatic rings. The van der Waals surface area contributed by atoms with Gasteiger partial charge in [0.15, 0.2) is 0 Å². The van der Waals surface area contributed by atoms with Gasteiger partial charge in [0.25, 0.3) is 0 Å². The summed E-state index contributed by atoms with van der Waals surface area (Å²) >= 11 is 9.11. The summed E-state index contributed by atoms with van der Waals surface area (Å²) in [5.74, 6) is -1.56. The molecule has 0 aromatic heterocycles. The molecule has 1 unspecified atom stereocenters. The first-order chi connectivity index (χ1) is 9.40. The molecule has 0 saturated heterocycles. The van der Waals surface area contributed by atoms with Crippen molar-refractivity contribution in [3.63, 3.8) is 0 Å². The molecule has 0 aliphatic heterocycles. The molecule has 0 spiro atoms. The highest BCUT2D eigenvalue weighted by molar-refractivity contribution is 9.10. The summed E-state index contributed by atoms with van der Waals surface area (Å²) in [6.07, 6.45) is -1.08. The summed E-state index contributed by atoms with van der Waals surface area (Å²) in [6.45, 7) is 0. The van der Waals surface area contributed by atoms with Gasteiger partial charge in [-0.25, -0.2) is 9.18 Å². The Labute approximate surface area is 127 Å². The first-order valence-electron chi connectivity index (χ1n) is 5.56. The fourth-order valence-electron chi connectivity index (χ4n) is 1.77. The van der Waals surface area contributed by atoms with Crippen molar-refractivity contribution in [1.82, 2.24) is 0 Å². The maximum Gasteiger partial charge on any atom is 0.335 e. The van der Waals surface area contributed by atoms with Crippen LogP contribution in [-0.2, 0) is 0 Å². The van der Waals surface area contributed by atoms with Gasteiger partial charge in [-0.3, -0.25) is 0 Å². The number of hydrogen-bond acceptors (Lipinski definition) is 2. The highest BCUT2D eigenvalue weighted by atomic mass is 79.9. The molecule has 2 aromatic rings. The minimum atomic E-state index is -1.08. The lowest BCUT2D eigenvalue weighted by molar-refractivity contribution is 0.0696. The molecule has 6 heteroatoms. The number of aliphatic hydroxyl groups is 1. The Morgan fingerprint density at radius 3 is 2.40 bits per heavy atom. The van der Waals surface area contributed by atoms with Crippen molar-refractivity contribution in [3.8, 4) is 0 Å². The van der Waals surface area contributed by atoms with Crippen LogP contribution >= 0.6 is 27.5 Å². The molecule has 0 bridgehead atoms. The van der Waals surface area contributed by atoms with Crippen LogP contribution in [0.4, 0.5) is 4.39 Å². The topological polar surface area (TPSA) is 57.5 Å². The Balaban J connectivity index is 2.43. The summed E-state index contributed by atoms with van der Waals surface area (Å²) in [4.78, 5) is 10.8. The van der Waals surface area contributed by atoms with E-state index in [0.717, 1.165) is 6.07 Å². The van der Waals surface area contributed by atoms with Crippen LogP contribution in [0, 0.1) is 5.82 Å². The van der Waals surface area contributed by atoms with Crippen LogP contribution < -0.4 is 0 Å². The monoisotopic (exact) mass is 358 g/mol. The number of benzene rings is 2. The molecular weight excluding hydrogens is 351 g/mol. The van der Waals surface area contributed by atoms with Crippen LogP contribution in [0.15, 0.2) is 40.9 Å². The highest BCUT2D eigenvalue weighted by Gasteiger charge is 2.18. The van der Waals surface area contributed by atoms with Gasteiger partial charge in [0.05, 0.1) is 5.56 Å². The normalized spacial score (nSPS) is 12.2. The van der Waals surface area contributed by atoms with E-state index in [1.807, 2.05) is 0 Å². The third-order valence-corrected chi connectivity index (χ3v) is 3.81. The first-order valence-corrected chi connectivity index (χ1v) is 6.73. The number of aliphatic hydroxyl groups excluding tert-OH is 1. The summed E-state index contributed by atoms with van der Waals surface area (Å²) < 4.78 is 13.4. The minimum absolute atomic E-state index is 0.0954. The van der Waals surface area contributed by atoms with Crippen molar-refractivity contribution in [3.05, 3.63) is 68.4 Å². The van der Waals surface area contributed by atoms with Crippen molar-refractivity contribution in [1.29, 1.82) is 0 Å². The highest BCUT2D eigenvalue weighted by Crippen LogP contribution is 2.33. The van der Waals surface area contributed by atoms with Crippen LogP contribution in [0.1, 0.15) is 27.6 Å². The number of hydrogen-bond donors (Lipinski definition) is 2. The van der Waals surface area contributed by atoms with E-state index in [4.69, 9.17) is 16.7 Å². The van der Waals surface area contributed by atoms with Gasteiger partial charge in [0.2, 0.25) is 0 Å². The molecular formula is C14H9BrClFO3. The zero-order valence-corrected chi connectivity index (χ0v) is 12.3. The molecule has 2 N–H and O–H groups in total. The second-order valence-corrected chi connectivity index (χ2v) is 5.37. The fraction of sp³-hybridized carbons (Fsp3) is 0.0714. The van der Waals surface area contributed by atoms with Gasteiger partial charge < -0.3 is 10.2 Å². The van der Waals surface area contributed by atoms with Gasteiger partial charge in [0.1, 0.15) is 11.9 Å². The number of carboxylic acid groups (broad SMARTS) is 1. The Morgan fingerprint density at radius 1 is 1.20 bits per heavy atom. The lowest BCUT2D eigenvalue weighted by atomic mass is 10.0. The van der Waals surface area contributed by atoms with Crippen LogP contribution in [0.5, 0.6) is 0 Å². The Morgan fingerprint density at radius 2 is 1.85 bits per heavy atom.